The van der Waals surface area contributed by atoms with Crippen molar-refractivity contribution in [1.29, 1.82) is 0 Å². The fourth-order valence-electron chi connectivity index (χ4n) is 1.65. The molecule has 0 unspecified atom stereocenters. The van der Waals surface area contributed by atoms with E-state index in [4.69, 9.17) is 5.73 Å². The number of rotatable bonds is 3. The minimum absolute atomic E-state index is 0.103. The first kappa shape index (κ1) is 13.7. The number of benzene rings is 1. The predicted molar refractivity (Wildman–Crippen MR) is 68.8 cm³/mol. The van der Waals surface area contributed by atoms with Gasteiger partial charge in [-0.25, -0.2) is 0 Å². The van der Waals surface area contributed by atoms with Gasteiger partial charge in [-0.15, -0.1) is 0 Å². The minimum atomic E-state index is -0.588. The standard InChI is InChI=1S/C14H21NO2/c1-14(2,3)11-7-5-6-10(8-11)9-12(15)13(16)17-4/h5-8,12H,9,15H2,1-4H3/t12-/m0/s1. The topological polar surface area (TPSA) is 52.3 Å². The number of hydrogen-bond donors (Lipinski definition) is 1. The maximum atomic E-state index is 11.3. The van der Waals surface area contributed by atoms with Crippen molar-refractivity contribution in [3.8, 4) is 0 Å². The van der Waals surface area contributed by atoms with Crippen LogP contribution < -0.4 is 5.73 Å². The van der Waals surface area contributed by atoms with Crippen LogP contribution in [0.3, 0.4) is 0 Å². The molecule has 0 heterocycles. The molecule has 1 atom stereocenters. The molecule has 0 aliphatic heterocycles. The molecule has 17 heavy (non-hydrogen) atoms. The molecule has 0 aliphatic rings. The Hall–Kier alpha value is -1.35. The summed E-state index contributed by atoms with van der Waals surface area (Å²) >= 11 is 0. The van der Waals surface area contributed by atoms with Gasteiger partial charge < -0.3 is 10.5 Å². The Kier molecular flexibility index (Phi) is 4.29. The van der Waals surface area contributed by atoms with Gasteiger partial charge in [0.1, 0.15) is 6.04 Å². The van der Waals surface area contributed by atoms with Crippen molar-refractivity contribution in [1.82, 2.24) is 0 Å². The summed E-state index contributed by atoms with van der Waals surface area (Å²) in [5.41, 5.74) is 8.15. The Bertz CT molecular complexity index is 393. The Balaban J connectivity index is 2.83. The molecular weight excluding hydrogens is 214 g/mol. The van der Waals surface area contributed by atoms with Crippen molar-refractivity contribution >= 4 is 5.97 Å². The first-order valence-corrected chi connectivity index (χ1v) is 5.77. The maximum absolute atomic E-state index is 11.3. The van der Waals surface area contributed by atoms with Gasteiger partial charge in [-0.05, 0) is 23.0 Å². The summed E-state index contributed by atoms with van der Waals surface area (Å²) in [6.45, 7) is 6.48. The van der Waals surface area contributed by atoms with Crippen LogP contribution >= 0.6 is 0 Å². The summed E-state index contributed by atoms with van der Waals surface area (Å²) in [6, 6.07) is 7.59. The summed E-state index contributed by atoms with van der Waals surface area (Å²) < 4.78 is 4.62. The first-order valence-electron chi connectivity index (χ1n) is 5.77. The van der Waals surface area contributed by atoms with E-state index in [0.717, 1.165) is 5.56 Å². The van der Waals surface area contributed by atoms with Crippen LogP contribution in [0.1, 0.15) is 31.9 Å². The highest BCUT2D eigenvalue weighted by Gasteiger charge is 2.17. The lowest BCUT2D eigenvalue weighted by Crippen LogP contribution is -2.33. The highest BCUT2D eigenvalue weighted by molar-refractivity contribution is 5.75. The van der Waals surface area contributed by atoms with E-state index in [1.54, 1.807) is 0 Å². The van der Waals surface area contributed by atoms with E-state index in [0.29, 0.717) is 6.42 Å². The van der Waals surface area contributed by atoms with Gasteiger partial charge in [0, 0.05) is 0 Å². The van der Waals surface area contributed by atoms with Crippen molar-refractivity contribution in [2.45, 2.75) is 38.6 Å². The van der Waals surface area contributed by atoms with Gasteiger partial charge in [0.15, 0.2) is 0 Å². The van der Waals surface area contributed by atoms with Gasteiger partial charge in [0.2, 0.25) is 0 Å². The summed E-state index contributed by atoms with van der Waals surface area (Å²) in [7, 11) is 1.35. The largest absolute Gasteiger partial charge is 0.468 e. The highest BCUT2D eigenvalue weighted by atomic mass is 16.5. The zero-order valence-corrected chi connectivity index (χ0v) is 11.0. The smallest absolute Gasteiger partial charge is 0.322 e. The van der Waals surface area contributed by atoms with Crippen LogP contribution in [0.15, 0.2) is 24.3 Å². The lowest BCUT2D eigenvalue weighted by Gasteiger charge is -2.20. The summed E-state index contributed by atoms with van der Waals surface area (Å²) in [5, 5.41) is 0. The van der Waals surface area contributed by atoms with Crippen LogP contribution in [-0.4, -0.2) is 19.1 Å². The molecule has 2 N–H and O–H groups in total. The number of esters is 1. The van der Waals surface area contributed by atoms with Crippen LogP contribution in [0.5, 0.6) is 0 Å². The van der Waals surface area contributed by atoms with E-state index in [1.165, 1.54) is 12.7 Å². The molecule has 94 valence electrons. The molecule has 0 spiro atoms. The molecule has 0 bridgehead atoms. The second-order valence-corrected chi connectivity index (χ2v) is 5.28. The normalized spacial score (nSPS) is 13.2. The zero-order valence-electron chi connectivity index (χ0n) is 11.0. The molecule has 0 saturated carbocycles. The monoisotopic (exact) mass is 235 g/mol. The second kappa shape index (κ2) is 5.32. The molecule has 3 nitrogen and oxygen atoms in total. The molecule has 0 aliphatic carbocycles. The lowest BCUT2D eigenvalue weighted by atomic mass is 9.85. The van der Waals surface area contributed by atoms with E-state index in [9.17, 15) is 4.79 Å². The summed E-state index contributed by atoms with van der Waals surface area (Å²) in [4.78, 5) is 11.3. The minimum Gasteiger partial charge on any atom is -0.468 e. The third kappa shape index (κ3) is 3.86. The predicted octanol–water partition coefficient (Wildman–Crippen LogP) is 2.03. The maximum Gasteiger partial charge on any atom is 0.322 e. The lowest BCUT2D eigenvalue weighted by molar-refractivity contribution is -0.142. The molecule has 0 saturated heterocycles. The number of ether oxygens (including phenoxy) is 1. The van der Waals surface area contributed by atoms with Crippen molar-refractivity contribution in [2.24, 2.45) is 5.73 Å². The number of carbonyl (C=O) groups excluding carboxylic acids is 1. The van der Waals surface area contributed by atoms with Crippen LogP contribution in [0.4, 0.5) is 0 Å². The molecular formula is C14H21NO2. The molecule has 0 amide bonds. The fourth-order valence-corrected chi connectivity index (χ4v) is 1.65. The van der Waals surface area contributed by atoms with E-state index < -0.39 is 6.04 Å². The van der Waals surface area contributed by atoms with Gasteiger partial charge in [-0.3, -0.25) is 4.79 Å². The number of methoxy groups -OCH3 is 1. The molecule has 1 aromatic carbocycles. The van der Waals surface area contributed by atoms with Gasteiger partial charge >= 0.3 is 5.97 Å². The first-order chi connectivity index (χ1) is 7.84. The van der Waals surface area contributed by atoms with Gasteiger partial charge in [0.05, 0.1) is 7.11 Å². The number of hydrogen-bond acceptors (Lipinski definition) is 3. The van der Waals surface area contributed by atoms with E-state index in [-0.39, 0.29) is 11.4 Å². The average Bonchev–Trinajstić information content (AvgIpc) is 2.27. The Morgan fingerprint density at radius 2 is 2.06 bits per heavy atom. The zero-order chi connectivity index (χ0) is 13.1. The van der Waals surface area contributed by atoms with Crippen molar-refractivity contribution in [2.75, 3.05) is 7.11 Å². The van der Waals surface area contributed by atoms with Crippen LogP contribution in [0.25, 0.3) is 0 Å². The molecule has 0 fully saturated rings. The Morgan fingerprint density at radius 1 is 1.41 bits per heavy atom. The SMILES string of the molecule is COC(=O)[C@@H](N)Cc1cccc(C(C)(C)C)c1. The van der Waals surface area contributed by atoms with Crippen LogP contribution in [0.2, 0.25) is 0 Å². The van der Waals surface area contributed by atoms with Crippen LogP contribution in [-0.2, 0) is 21.4 Å². The molecule has 3 heteroatoms. The third-order valence-corrected chi connectivity index (χ3v) is 2.75. The highest BCUT2D eigenvalue weighted by Crippen LogP contribution is 2.23. The average molecular weight is 235 g/mol. The Labute approximate surface area is 103 Å². The molecule has 0 radical (unpaired) electrons. The van der Waals surface area contributed by atoms with E-state index >= 15 is 0 Å². The van der Waals surface area contributed by atoms with Crippen molar-refractivity contribution < 1.29 is 9.53 Å². The summed E-state index contributed by atoms with van der Waals surface area (Å²) in [6.07, 6.45) is 0.511. The van der Waals surface area contributed by atoms with E-state index in [1.807, 2.05) is 12.1 Å². The van der Waals surface area contributed by atoms with Gasteiger partial charge in [0.25, 0.3) is 0 Å². The number of carbonyl (C=O) groups is 1. The Morgan fingerprint density at radius 3 is 2.59 bits per heavy atom. The molecule has 0 aromatic heterocycles. The third-order valence-electron chi connectivity index (χ3n) is 2.75. The van der Waals surface area contributed by atoms with Gasteiger partial charge in [-0.2, -0.15) is 0 Å². The van der Waals surface area contributed by atoms with Crippen LogP contribution in [0, 0.1) is 0 Å². The van der Waals surface area contributed by atoms with E-state index in [2.05, 4.69) is 37.6 Å². The number of nitrogens with two attached hydrogens (primary N) is 1. The molecule has 1 rings (SSSR count). The quantitative estimate of drug-likeness (QED) is 0.815. The summed E-state index contributed by atoms with van der Waals surface area (Å²) in [5.74, 6) is -0.369. The van der Waals surface area contributed by atoms with Crippen molar-refractivity contribution in [3.05, 3.63) is 35.4 Å². The second-order valence-electron chi connectivity index (χ2n) is 5.28. The van der Waals surface area contributed by atoms with Crippen molar-refractivity contribution in [3.63, 3.8) is 0 Å². The fraction of sp³-hybridized carbons (Fsp3) is 0.500. The van der Waals surface area contributed by atoms with Gasteiger partial charge in [-0.1, -0.05) is 45.0 Å². The molecule has 1 aromatic rings.